The van der Waals surface area contributed by atoms with Gasteiger partial charge >= 0.3 is 0 Å². The molecule has 4 rings (SSSR count). The first-order valence-electron chi connectivity index (χ1n) is 10.6. The number of benzene rings is 2. The van der Waals surface area contributed by atoms with Gasteiger partial charge in [0.2, 0.25) is 0 Å². The molecule has 5 heteroatoms. The van der Waals surface area contributed by atoms with Crippen molar-refractivity contribution >= 4 is 11.5 Å². The Balaban J connectivity index is 0.000000470. The Morgan fingerprint density at radius 3 is 1.87 bits per heavy atom. The van der Waals surface area contributed by atoms with Gasteiger partial charge in [0.25, 0.3) is 0 Å². The molecule has 0 fully saturated rings. The molecule has 0 radical (unpaired) electrons. The largest absolute Gasteiger partial charge is 0.333 e. The van der Waals surface area contributed by atoms with Crippen LogP contribution in [-0.2, 0) is 7.05 Å². The number of nitrogens with zero attached hydrogens (tertiary/aromatic N) is 2. The fourth-order valence-electron chi connectivity index (χ4n) is 2.44. The third-order valence-electron chi connectivity index (χ3n) is 3.76. The minimum atomic E-state index is -0.183. The van der Waals surface area contributed by atoms with Crippen LogP contribution in [0.5, 0.6) is 0 Å². The summed E-state index contributed by atoms with van der Waals surface area (Å²) in [5.41, 5.74) is 9.10. The topological polar surface area (TPSA) is 43.8 Å². The van der Waals surface area contributed by atoms with Crippen molar-refractivity contribution in [2.24, 2.45) is 12.8 Å². The molecule has 2 heterocycles. The lowest BCUT2D eigenvalue weighted by atomic mass is 10.1. The summed E-state index contributed by atoms with van der Waals surface area (Å²) >= 11 is 1.66. The molecule has 0 amide bonds. The highest BCUT2D eigenvalue weighted by molar-refractivity contribution is 7.11. The first-order valence-corrected chi connectivity index (χ1v) is 11.3. The molecule has 168 valence electrons. The van der Waals surface area contributed by atoms with Crippen LogP contribution in [0.2, 0.25) is 0 Å². The van der Waals surface area contributed by atoms with E-state index in [1.165, 1.54) is 35.2 Å². The zero-order valence-corrected chi connectivity index (χ0v) is 20.6. The molecule has 0 saturated carbocycles. The third-order valence-corrected chi connectivity index (χ3v) is 4.69. The van der Waals surface area contributed by atoms with Crippen molar-refractivity contribution in [2.75, 3.05) is 7.05 Å². The third kappa shape index (κ3) is 9.73. The van der Waals surface area contributed by atoms with Crippen molar-refractivity contribution in [2.45, 2.75) is 34.6 Å². The van der Waals surface area contributed by atoms with Crippen LogP contribution in [0, 0.1) is 12.7 Å². The normalized spacial score (nSPS) is 8.81. The van der Waals surface area contributed by atoms with Gasteiger partial charge in [0.05, 0.1) is 10.6 Å². The van der Waals surface area contributed by atoms with Crippen LogP contribution in [0.3, 0.4) is 0 Å². The molecule has 4 aromatic rings. The quantitative estimate of drug-likeness (QED) is 0.348. The second kappa shape index (κ2) is 17.0. The van der Waals surface area contributed by atoms with E-state index in [2.05, 4.69) is 29.8 Å². The van der Waals surface area contributed by atoms with E-state index < -0.39 is 0 Å². The maximum absolute atomic E-state index is 12.5. The van der Waals surface area contributed by atoms with Crippen LogP contribution in [-0.4, -0.2) is 16.0 Å². The zero-order chi connectivity index (χ0) is 23.6. The standard InChI is InChI=1S/C12H11N.C9H8FNS.2C2H6.CH5N/c1-10-6-2-3-7-11(10)12-8-4-5-9-13-12;1-11-6-9(12-11)7-2-4-8(10)5-3-7;3*1-2/h2-9H,1H3;2-6H,1H3;2*1-2H3;2H2,1H3. The van der Waals surface area contributed by atoms with E-state index in [1.807, 2.05) is 81.4 Å². The molecule has 0 unspecified atom stereocenters. The molecule has 0 aliphatic carbocycles. The van der Waals surface area contributed by atoms with Gasteiger partial charge in [-0.25, -0.2) is 4.39 Å². The molecule has 0 atom stereocenters. The van der Waals surface area contributed by atoms with Crippen molar-refractivity contribution in [1.29, 1.82) is 0 Å². The molecule has 2 N–H and O–H groups in total. The van der Waals surface area contributed by atoms with Gasteiger partial charge < -0.3 is 9.69 Å². The predicted octanol–water partition coefficient (Wildman–Crippen LogP) is 7.58. The maximum Gasteiger partial charge on any atom is 0.123 e. The van der Waals surface area contributed by atoms with Crippen molar-refractivity contribution in [3.05, 3.63) is 90.5 Å². The lowest BCUT2D eigenvalue weighted by molar-refractivity contribution is 0.628. The predicted molar refractivity (Wildman–Crippen MR) is 136 cm³/mol. The first-order chi connectivity index (χ1) is 15.1. The minimum Gasteiger partial charge on any atom is -0.333 e. The molecule has 2 aromatic carbocycles. The smallest absolute Gasteiger partial charge is 0.123 e. The Morgan fingerprint density at radius 1 is 0.839 bits per heavy atom. The minimum absolute atomic E-state index is 0.183. The second-order valence-electron chi connectivity index (χ2n) is 5.67. The number of aryl methyl sites for hydroxylation is 2. The lowest BCUT2D eigenvalue weighted by Crippen LogP contribution is -1.90. The van der Waals surface area contributed by atoms with Gasteiger partial charge in [0, 0.05) is 25.0 Å². The first kappa shape index (κ1) is 28.2. The summed E-state index contributed by atoms with van der Waals surface area (Å²) in [6, 6.07) is 20.8. The Bertz CT molecular complexity index is 917. The zero-order valence-electron chi connectivity index (χ0n) is 19.8. The molecule has 31 heavy (non-hydrogen) atoms. The highest BCUT2D eigenvalue weighted by atomic mass is 32.1. The number of hydrogen-bond donors (Lipinski definition) is 1. The summed E-state index contributed by atoms with van der Waals surface area (Å²) in [6.45, 7) is 10.1. The van der Waals surface area contributed by atoms with Crippen LogP contribution in [0.15, 0.2) is 79.1 Å². The molecule has 0 bridgehead atoms. The fraction of sp³-hybridized carbons (Fsp3) is 0.269. The summed E-state index contributed by atoms with van der Waals surface area (Å²) in [4.78, 5) is 5.50. The number of nitrogens with two attached hydrogens (primary N) is 1. The molecule has 0 aliphatic rings. The summed E-state index contributed by atoms with van der Waals surface area (Å²) in [5, 5.41) is 0. The Labute approximate surface area is 191 Å². The van der Waals surface area contributed by atoms with Gasteiger partial charge in [0.1, 0.15) is 5.82 Å². The van der Waals surface area contributed by atoms with Crippen LogP contribution in [0.25, 0.3) is 21.7 Å². The van der Waals surface area contributed by atoms with Gasteiger partial charge in [-0.15, -0.1) is 0 Å². The number of halogens is 1. The van der Waals surface area contributed by atoms with E-state index in [1.54, 1.807) is 23.7 Å². The Kier molecular flexibility index (Phi) is 15.5. The summed E-state index contributed by atoms with van der Waals surface area (Å²) < 4.78 is 14.5. The van der Waals surface area contributed by atoms with Crippen LogP contribution in [0.4, 0.5) is 4.39 Å². The van der Waals surface area contributed by atoms with E-state index in [4.69, 9.17) is 0 Å². The molecule has 3 nitrogen and oxygen atoms in total. The van der Waals surface area contributed by atoms with Crippen LogP contribution >= 0.6 is 11.5 Å². The van der Waals surface area contributed by atoms with Crippen molar-refractivity contribution in [1.82, 2.24) is 8.94 Å². The highest BCUT2D eigenvalue weighted by Gasteiger charge is 2.02. The van der Waals surface area contributed by atoms with Gasteiger partial charge in [-0.1, -0.05) is 81.7 Å². The maximum atomic E-state index is 12.5. The Morgan fingerprint density at radius 2 is 1.39 bits per heavy atom. The molecule has 0 spiro atoms. The summed E-state index contributed by atoms with van der Waals surface area (Å²) in [5.74, 6) is -0.183. The number of aromatic nitrogens is 2. The lowest BCUT2D eigenvalue weighted by Gasteiger charge is -2.07. The van der Waals surface area contributed by atoms with Gasteiger partial charge in [0.15, 0.2) is 0 Å². The average molecular weight is 442 g/mol. The molecule has 2 aromatic heterocycles. The van der Waals surface area contributed by atoms with Gasteiger partial charge in [-0.2, -0.15) is 0 Å². The highest BCUT2D eigenvalue weighted by Crippen LogP contribution is 2.26. The Hall–Kier alpha value is -2.76. The molecule has 0 aliphatic heterocycles. The number of hydrogen-bond acceptors (Lipinski definition) is 3. The molecular weight excluding hydrogens is 405 g/mol. The van der Waals surface area contributed by atoms with E-state index in [9.17, 15) is 4.39 Å². The SMILES string of the molecule is CC.CC.CN.Cc1ccccc1-c1ccccn1.Cn1cc(-c2ccc(F)cc2)s1. The molecular formula is C26H36FN3S. The van der Waals surface area contributed by atoms with Crippen LogP contribution in [0.1, 0.15) is 33.3 Å². The van der Waals surface area contributed by atoms with Crippen LogP contribution < -0.4 is 5.73 Å². The van der Waals surface area contributed by atoms with Crippen molar-refractivity contribution in [3.63, 3.8) is 0 Å². The average Bonchev–Trinajstić information content (AvgIpc) is 2.83. The number of rotatable bonds is 2. The van der Waals surface area contributed by atoms with Gasteiger partial charge in [-0.05, 0) is 49.4 Å². The molecule has 0 saturated heterocycles. The van der Waals surface area contributed by atoms with E-state index >= 15 is 0 Å². The fourth-order valence-corrected chi connectivity index (χ4v) is 3.20. The second-order valence-corrected chi connectivity index (χ2v) is 6.87. The van der Waals surface area contributed by atoms with E-state index in [0.717, 1.165) is 11.3 Å². The summed E-state index contributed by atoms with van der Waals surface area (Å²) in [7, 11) is 3.48. The monoisotopic (exact) mass is 441 g/mol. The van der Waals surface area contributed by atoms with E-state index in [-0.39, 0.29) is 5.82 Å². The van der Waals surface area contributed by atoms with E-state index in [0.29, 0.717) is 0 Å². The van der Waals surface area contributed by atoms with Crippen molar-refractivity contribution in [3.8, 4) is 21.7 Å². The van der Waals surface area contributed by atoms with Crippen molar-refractivity contribution < 1.29 is 4.39 Å². The number of pyridine rings is 1. The van der Waals surface area contributed by atoms with Gasteiger partial charge in [-0.3, -0.25) is 4.98 Å². The summed E-state index contributed by atoms with van der Waals surface area (Å²) in [6.07, 6.45) is 3.85.